The summed E-state index contributed by atoms with van der Waals surface area (Å²) in [7, 11) is 0. The zero-order chi connectivity index (χ0) is 15.6. The summed E-state index contributed by atoms with van der Waals surface area (Å²) in [5.74, 6) is -1.65. The Bertz CT molecular complexity index is 586. The molecule has 2 atom stereocenters. The highest BCUT2D eigenvalue weighted by molar-refractivity contribution is 5.83. The quantitative estimate of drug-likeness (QED) is 0.654. The number of nitro groups is 1. The Morgan fingerprint density at radius 2 is 2.19 bits per heavy atom. The van der Waals surface area contributed by atoms with Crippen LogP contribution >= 0.6 is 0 Å². The molecule has 2 rings (SSSR count). The zero-order valence-electron chi connectivity index (χ0n) is 11.3. The van der Waals surface area contributed by atoms with Crippen LogP contribution in [-0.2, 0) is 14.3 Å². The molecular formula is C13H14N2O6. The Kier molecular flexibility index (Phi) is 4.18. The van der Waals surface area contributed by atoms with Crippen molar-refractivity contribution >= 4 is 17.6 Å². The molecule has 1 aliphatic heterocycles. The van der Waals surface area contributed by atoms with Gasteiger partial charge in [-0.2, -0.15) is 0 Å². The van der Waals surface area contributed by atoms with Crippen molar-refractivity contribution in [3.63, 3.8) is 0 Å². The fourth-order valence-electron chi connectivity index (χ4n) is 2.47. The fraction of sp³-hybridized carbons (Fsp3) is 0.385. The van der Waals surface area contributed by atoms with Crippen molar-refractivity contribution in [1.29, 1.82) is 0 Å². The average molecular weight is 294 g/mol. The second-order valence-corrected chi connectivity index (χ2v) is 4.51. The van der Waals surface area contributed by atoms with Crippen LogP contribution < -0.4 is 0 Å². The molecule has 21 heavy (non-hydrogen) atoms. The Morgan fingerprint density at radius 3 is 2.76 bits per heavy atom. The van der Waals surface area contributed by atoms with Crippen LogP contribution in [0, 0.1) is 10.1 Å². The molecule has 1 aromatic carbocycles. The van der Waals surface area contributed by atoms with Gasteiger partial charge in [-0.1, -0.05) is 12.1 Å². The SMILES string of the molecule is CCN1C(=O)COC(C(=O)O)C1c1ccccc1[N+](=O)[O-]. The molecule has 8 nitrogen and oxygen atoms in total. The first-order chi connectivity index (χ1) is 9.97. The molecule has 1 saturated heterocycles. The van der Waals surface area contributed by atoms with Gasteiger partial charge >= 0.3 is 5.97 Å². The minimum absolute atomic E-state index is 0.157. The lowest BCUT2D eigenvalue weighted by molar-refractivity contribution is -0.386. The number of likely N-dealkylation sites (N-methyl/N-ethyl adjacent to an activating group) is 1. The summed E-state index contributed by atoms with van der Waals surface area (Å²) in [5.41, 5.74) is -0.0738. The Morgan fingerprint density at radius 1 is 1.52 bits per heavy atom. The Balaban J connectivity index is 2.56. The van der Waals surface area contributed by atoms with Crippen LogP contribution in [0.4, 0.5) is 5.69 Å². The monoisotopic (exact) mass is 294 g/mol. The van der Waals surface area contributed by atoms with Crippen molar-refractivity contribution in [2.75, 3.05) is 13.2 Å². The largest absolute Gasteiger partial charge is 0.479 e. The van der Waals surface area contributed by atoms with Crippen molar-refractivity contribution in [3.8, 4) is 0 Å². The number of amides is 1. The molecule has 2 unspecified atom stereocenters. The van der Waals surface area contributed by atoms with Gasteiger partial charge in [0.05, 0.1) is 10.5 Å². The number of carboxylic acids is 1. The lowest BCUT2D eigenvalue weighted by Crippen LogP contribution is -2.51. The standard InChI is InChI=1S/C13H14N2O6/c1-2-14-10(16)7-21-12(13(17)18)11(14)8-5-3-4-6-9(8)15(19)20/h3-6,11-12H,2,7H2,1H3,(H,17,18). The van der Waals surface area contributed by atoms with Gasteiger partial charge in [0.15, 0.2) is 6.10 Å². The number of nitrogens with zero attached hydrogens (tertiary/aromatic N) is 2. The van der Waals surface area contributed by atoms with Gasteiger partial charge in [-0.25, -0.2) is 4.79 Å². The van der Waals surface area contributed by atoms with Gasteiger partial charge in [0.1, 0.15) is 12.6 Å². The molecule has 1 amide bonds. The summed E-state index contributed by atoms with van der Waals surface area (Å²) in [4.78, 5) is 35.1. The highest BCUT2D eigenvalue weighted by Gasteiger charge is 2.43. The highest BCUT2D eigenvalue weighted by atomic mass is 16.6. The maximum Gasteiger partial charge on any atom is 0.335 e. The van der Waals surface area contributed by atoms with Crippen molar-refractivity contribution in [1.82, 2.24) is 4.90 Å². The first kappa shape index (κ1) is 14.9. The number of rotatable bonds is 4. The molecule has 1 aliphatic rings. The molecule has 0 bridgehead atoms. The number of benzene rings is 1. The number of hydrogen-bond acceptors (Lipinski definition) is 5. The number of hydrogen-bond donors (Lipinski definition) is 1. The van der Waals surface area contributed by atoms with E-state index in [-0.39, 0.29) is 24.4 Å². The third-order valence-corrected chi connectivity index (χ3v) is 3.37. The molecular weight excluding hydrogens is 280 g/mol. The molecule has 112 valence electrons. The smallest absolute Gasteiger partial charge is 0.335 e. The third-order valence-electron chi connectivity index (χ3n) is 3.37. The lowest BCUT2D eigenvalue weighted by atomic mass is 9.96. The maximum atomic E-state index is 11.9. The van der Waals surface area contributed by atoms with Gasteiger partial charge in [0.25, 0.3) is 5.69 Å². The number of aliphatic carboxylic acids is 1. The summed E-state index contributed by atoms with van der Waals surface area (Å²) < 4.78 is 5.07. The van der Waals surface area contributed by atoms with Gasteiger partial charge in [0.2, 0.25) is 5.91 Å². The summed E-state index contributed by atoms with van der Waals surface area (Å²) in [6.45, 7) is 1.58. The van der Waals surface area contributed by atoms with E-state index in [0.717, 1.165) is 0 Å². The first-order valence-electron chi connectivity index (χ1n) is 6.34. The Labute approximate surface area is 120 Å². The molecule has 1 N–H and O–H groups in total. The van der Waals surface area contributed by atoms with E-state index in [1.54, 1.807) is 13.0 Å². The molecule has 0 aliphatic carbocycles. The van der Waals surface area contributed by atoms with Crippen LogP contribution in [0.15, 0.2) is 24.3 Å². The van der Waals surface area contributed by atoms with E-state index in [0.29, 0.717) is 0 Å². The molecule has 1 fully saturated rings. The van der Waals surface area contributed by atoms with Crippen LogP contribution in [0.1, 0.15) is 18.5 Å². The van der Waals surface area contributed by atoms with Crippen LogP contribution in [0.25, 0.3) is 0 Å². The maximum absolute atomic E-state index is 11.9. The van der Waals surface area contributed by atoms with Gasteiger partial charge < -0.3 is 14.7 Å². The molecule has 0 aromatic heterocycles. The van der Waals surface area contributed by atoms with Gasteiger partial charge in [-0.3, -0.25) is 14.9 Å². The van der Waals surface area contributed by atoms with Crippen molar-refractivity contribution in [2.24, 2.45) is 0 Å². The molecule has 0 spiro atoms. The summed E-state index contributed by atoms with van der Waals surface area (Å²) in [6, 6.07) is 4.76. The molecule has 8 heteroatoms. The molecule has 1 aromatic rings. The highest BCUT2D eigenvalue weighted by Crippen LogP contribution is 2.35. The fourth-order valence-corrected chi connectivity index (χ4v) is 2.47. The van der Waals surface area contributed by atoms with Crippen molar-refractivity contribution < 1.29 is 24.4 Å². The summed E-state index contributed by atoms with van der Waals surface area (Å²) >= 11 is 0. The minimum Gasteiger partial charge on any atom is -0.479 e. The summed E-state index contributed by atoms with van der Waals surface area (Å²) in [6.07, 6.45) is -1.33. The number of ether oxygens (including phenoxy) is 1. The minimum atomic E-state index is -1.33. The summed E-state index contributed by atoms with van der Waals surface area (Å²) in [5, 5.41) is 20.4. The van der Waals surface area contributed by atoms with E-state index < -0.39 is 28.9 Å². The topological polar surface area (TPSA) is 110 Å². The number of morpholine rings is 1. The molecule has 0 radical (unpaired) electrons. The second kappa shape index (κ2) is 5.88. The van der Waals surface area contributed by atoms with Crippen LogP contribution in [0.3, 0.4) is 0 Å². The first-order valence-corrected chi connectivity index (χ1v) is 6.34. The third kappa shape index (κ3) is 2.70. The van der Waals surface area contributed by atoms with Gasteiger partial charge in [-0.05, 0) is 13.0 Å². The van der Waals surface area contributed by atoms with Crippen LogP contribution in [0.5, 0.6) is 0 Å². The van der Waals surface area contributed by atoms with E-state index >= 15 is 0 Å². The van der Waals surface area contributed by atoms with E-state index in [1.807, 2.05) is 0 Å². The predicted molar refractivity (Wildman–Crippen MR) is 70.6 cm³/mol. The molecule has 1 heterocycles. The van der Waals surface area contributed by atoms with E-state index in [1.165, 1.54) is 23.1 Å². The normalized spacial score (nSPS) is 22.1. The zero-order valence-corrected chi connectivity index (χ0v) is 11.3. The van der Waals surface area contributed by atoms with Crippen molar-refractivity contribution in [2.45, 2.75) is 19.1 Å². The molecule has 0 saturated carbocycles. The van der Waals surface area contributed by atoms with Crippen LogP contribution in [0.2, 0.25) is 0 Å². The van der Waals surface area contributed by atoms with E-state index in [9.17, 15) is 24.8 Å². The number of carbonyl (C=O) groups is 2. The van der Waals surface area contributed by atoms with E-state index in [2.05, 4.69) is 0 Å². The van der Waals surface area contributed by atoms with E-state index in [4.69, 9.17) is 4.74 Å². The Hall–Kier alpha value is -2.48. The number of carboxylic acid groups (broad SMARTS) is 1. The number of nitro benzene ring substituents is 1. The average Bonchev–Trinajstić information content (AvgIpc) is 2.46. The van der Waals surface area contributed by atoms with Gasteiger partial charge in [0, 0.05) is 12.6 Å². The number of para-hydroxylation sites is 1. The number of carbonyl (C=O) groups excluding carboxylic acids is 1. The lowest BCUT2D eigenvalue weighted by Gasteiger charge is -2.38. The van der Waals surface area contributed by atoms with Crippen molar-refractivity contribution in [3.05, 3.63) is 39.9 Å². The van der Waals surface area contributed by atoms with Gasteiger partial charge in [-0.15, -0.1) is 0 Å². The van der Waals surface area contributed by atoms with Crippen LogP contribution in [-0.4, -0.2) is 46.1 Å². The second-order valence-electron chi connectivity index (χ2n) is 4.51. The predicted octanol–water partition coefficient (Wildman–Crippen LogP) is 0.968.